The zero-order valence-electron chi connectivity index (χ0n) is 17.0. The van der Waals surface area contributed by atoms with E-state index in [2.05, 4.69) is 0 Å². The second kappa shape index (κ2) is 10.5. The highest BCUT2D eigenvalue weighted by molar-refractivity contribution is 8.17. The fourth-order valence-corrected chi connectivity index (χ4v) is 6.50. The summed E-state index contributed by atoms with van der Waals surface area (Å²) in [5.41, 5.74) is 0. The zero-order chi connectivity index (χ0) is 22.5. The molecule has 30 heavy (non-hydrogen) atoms. The molecule has 0 N–H and O–H groups in total. The van der Waals surface area contributed by atoms with Crippen molar-refractivity contribution in [2.24, 2.45) is 0 Å². The Morgan fingerprint density at radius 3 is 2.00 bits per heavy atom. The largest absolute Gasteiger partial charge is 0.458 e. The Morgan fingerprint density at radius 1 is 0.967 bits per heavy atom. The topological polar surface area (TPSA) is 113 Å². The smallest absolute Gasteiger partial charge is 0.303 e. The lowest BCUT2D eigenvalue weighted by Gasteiger charge is -2.39. The third-order valence-electron chi connectivity index (χ3n) is 4.12. The molecule has 0 aliphatic carbocycles. The lowest BCUT2D eigenvalue weighted by atomic mass is 10.1. The van der Waals surface area contributed by atoms with Crippen molar-refractivity contribution in [2.45, 2.75) is 60.4 Å². The van der Waals surface area contributed by atoms with Gasteiger partial charge >= 0.3 is 17.9 Å². The maximum Gasteiger partial charge on any atom is 0.303 e. The van der Waals surface area contributed by atoms with Crippen LogP contribution in [0.3, 0.4) is 0 Å². The van der Waals surface area contributed by atoms with Gasteiger partial charge in [-0.3, -0.25) is 14.4 Å². The molecule has 1 aliphatic rings. The molecule has 0 aromatic heterocycles. The van der Waals surface area contributed by atoms with Gasteiger partial charge in [0.05, 0.1) is 15.2 Å². The Balaban J connectivity index is 2.27. The van der Waals surface area contributed by atoms with Crippen molar-refractivity contribution in [3.05, 3.63) is 24.3 Å². The van der Waals surface area contributed by atoms with Crippen molar-refractivity contribution in [1.82, 2.24) is 0 Å². The summed E-state index contributed by atoms with van der Waals surface area (Å²) < 4.78 is 39.7. The second-order valence-corrected chi connectivity index (χ2v) is 11.5. The van der Waals surface area contributed by atoms with Crippen LogP contribution in [0.15, 0.2) is 34.1 Å². The number of benzene rings is 1. The maximum atomic E-state index is 12.0. The van der Waals surface area contributed by atoms with Crippen LogP contribution in [0, 0.1) is 0 Å². The van der Waals surface area contributed by atoms with Crippen molar-refractivity contribution >= 4 is 51.3 Å². The molecule has 0 unspecified atom stereocenters. The number of carbonyl (C=O) groups excluding carboxylic acids is 3. The van der Waals surface area contributed by atoms with Crippen LogP contribution in [0.4, 0.5) is 0 Å². The molecule has 1 fully saturated rings. The van der Waals surface area contributed by atoms with E-state index in [1.54, 1.807) is 19.1 Å². The molecule has 0 radical (unpaired) electrons. The summed E-state index contributed by atoms with van der Waals surface area (Å²) in [5, 5.41) is 0. The number of hydrogen-bond acceptors (Lipinski definition) is 10. The molecule has 1 aliphatic heterocycles. The predicted molar refractivity (Wildman–Crippen MR) is 113 cm³/mol. The first kappa shape index (κ1) is 24.5. The van der Waals surface area contributed by atoms with E-state index >= 15 is 0 Å². The Kier molecular flexibility index (Phi) is 8.62. The zero-order valence-corrected chi connectivity index (χ0v) is 19.5. The molecule has 0 amide bonds. The second-order valence-electron chi connectivity index (χ2n) is 6.49. The average Bonchev–Trinajstić information content (AvgIpc) is 2.65. The van der Waals surface area contributed by atoms with Crippen LogP contribution in [0.1, 0.15) is 27.7 Å². The first-order valence-electron chi connectivity index (χ1n) is 9.16. The van der Waals surface area contributed by atoms with Crippen molar-refractivity contribution in [2.75, 3.05) is 11.5 Å². The number of thioether (sulfide) groups is 2. The van der Waals surface area contributed by atoms with Crippen LogP contribution in [0.5, 0.6) is 0 Å². The van der Waals surface area contributed by atoms with Crippen LogP contribution >= 0.6 is 23.5 Å². The number of rotatable bonds is 7. The molecule has 0 saturated carbocycles. The summed E-state index contributed by atoms with van der Waals surface area (Å²) in [6.07, 6.45) is -2.57. The minimum Gasteiger partial charge on any atom is -0.458 e. The lowest BCUT2D eigenvalue weighted by molar-refractivity contribution is -0.180. The van der Waals surface area contributed by atoms with E-state index < -0.39 is 46.1 Å². The molecule has 1 heterocycles. The van der Waals surface area contributed by atoms with Gasteiger partial charge in [-0.25, -0.2) is 8.42 Å². The monoisotopic (exact) mass is 476 g/mol. The van der Waals surface area contributed by atoms with Gasteiger partial charge in [-0.2, -0.15) is 0 Å². The minimum atomic E-state index is -3.31. The van der Waals surface area contributed by atoms with Gasteiger partial charge in [-0.1, -0.05) is 6.92 Å². The van der Waals surface area contributed by atoms with E-state index in [0.717, 1.165) is 4.90 Å². The van der Waals surface area contributed by atoms with E-state index in [-0.39, 0.29) is 15.2 Å². The van der Waals surface area contributed by atoms with Crippen molar-refractivity contribution in [1.29, 1.82) is 0 Å². The Hall–Kier alpha value is -1.72. The van der Waals surface area contributed by atoms with Crippen molar-refractivity contribution in [3.8, 4) is 0 Å². The maximum absolute atomic E-state index is 12.0. The van der Waals surface area contributed by atoms with Crippen LogP contribution in [0.25, 0.3) is 0 Å². The van der Waals surface area contributed by atoms with Gasteiger partial charge in [0, 0.05) is 31.4 Å². The standard InChI is InChI=1S/C19H24O8S3/c1-5-30(23,24)15-8-6-14(7-9-15)29-19-18(27-13(4)22)17(26-12(3)21)16(10-28-19)25-11(2)20/h6-9,16-19H,5,10H2,1-4H3/t16-,17+,18-,19+/m1/s1. The summed E-state index contributed by atoms with van der Waals surface area (Å²) in [5.74, 6) is -1.32. The molecular formula is C19H24O8S3. The SMILES string of the molecule is CCS(=O)(=O)c1ccc(S[C@@H]2SC[C@@H](OC(C)=O)[C@H](OC(C)=O)[C@H]2OC(C)=O)cc1. The fourth-order valence-electron chi connectivity index (χ4n) is 2.84. The van der Waals surface area contributed by atoms with Crippen molar-refractivity contribution in [3.63, 3.8) is 0 Å². The van der Waals surface area contributed by atoms with Gasteiger partial charge in [0.2, 0.25) is 0 Å². The van der Waals surface area contributed by atoms with Gasteiger partial charge in [-0.05, 0) is 24.3 Å². The predicted octanol–water partition coefficient (Wildman–Crippen LogP) is 2.44. The third kappa shape index (κ3) is 6.64. The highest BCUT2D eigenvalue weighted by Crippen LogP contribution is 2.42. The Morgan fingerprint density at radius 2 is 1.50 bits per heavy atom. The van der Waals surface area contributed by atoms with Gasteiger partial charge in [0.15, 0.2) is 28.1 Å². The van der Waals surface area contributed by atoms with Crippen LogP contribution < -0.4 is 0 Å². The molecule has 0 bridgehead atoms. The molecule has 166 valence electrons. The quantitative estimate of drug-likeness (QED) is 0.429. The van der Waals surface area contributed by atoms with E-state index in [1.165, 1.54) is 56.4 Å². The minimum absolute atomic E-state index is 0.00803. The van der Waals surface area contributed by atoms with Gasteiger partial charge in [-0.15, -0.1) is 23.5 Å². The van der Waals surface area contributed by atoms with E-state index in [9.17, 15) is 22.8 Å². The number of esters is 3. The lowest BCUT2D eigenvalue weighted by Crippen LogP contribution is -2.53. The summed E-state index contributed by atoms with van der Waals surface area (Å²) in [6, 6.07) is 6.41. The summed E-state index contributed by atoms with van der Waals surface area (Å²) in [7, 11) is -3.31. The molecular weight excluding hydrogens is 452 g/mol. The highest BCUT2D eigenvalue weighted by atomic mass is 32.2. The molecule has 11 heteroatoms. The third-order valence-corrected chi connectivity index (χ3v) is 8.73. The molecule has 2 rings (SSSR count). The van der Waals surface area contributed by atoms with Gasteiger partial charge in [0.1, 0.15) is 0 Å². The van der Waals surface area contributed by atoms with E-state index in [1.807, 2.05) is 0 Å². The van der Waals surface area contributed by atoms with E-state index in [0.29, 0.717) is 5.75 Å². The molecule has 1 saturated heterocycles. The number of sulfone groups is 1. The van der Waals surface area contributed by atoms with Crippen LogP contribution in [0.2, 0.25) is 0 Å². The van der Waals surface area contributed by atoms with E-state index in [4.69, 9.17) is 14.2 Å². The first-order valence-corrected chi connectivity index (χ1v) is 12.7. The fraction of sp³-hybridized carbons (Fsp3) is 0.526. The molecule has 4 atom stereocenters. The number of hydrogen-bond donors (Lipinski definition) is 0. The van der Waals surface area contributed by atoms with Crippen LogP contribution in [-0.2, 0) is 38.4 Å². The first-order chi connectivity index (χ1) is 14.0. The van der Waals surface area contributed by atoms with Gasteiger partial charge < -0.3 is 14.2 Å². The summed E-state index contributed by atoms with van der Waals surface area (Å²) in [6.45, 7) is 5.31. The molecule has 0 spiro atoms. The van der Waals surface area contributed by atoms with Gasteiger partial charge in [0.25, 0.3) is 0 Å². The number of carbonyl (C=O) groups is 3. The molecule has 8 nitrogen and oxygen atoms in total. The Bertz CT molecular complexity index is 882. The normalized spacial score (nSPS) is 24.0. The summed E-state index contributed by atoms with van der Waals surface area (Å²) >= 11 is 2.75. The van der Waals surface area contributed by atoms with Crippen LogP contribution in [-0.4, -0.2) is 60.7 Å². The Labute approximate surface area is 184 Å². The van der Waals surface area contributed by atoms with Crippen molar-refractivity contribution < 1.29 is 37.0 Å². The average molecular weight is 477 g/mol. The number of ether oxygens (including phenoxy) is 3. The summed E-state index contributed by atoms with van der Waals surface area (Å²) in [4.78, 5) is 35.8. The molecule has 1 aromatic rings. The highest BCUT2D eigenvalue weighted by Gasteiger charge is 2.46. The molecule has 1 aromatic carbocycles.